The first-order chi connectivity index (χ1) is 12.3. The summed E-state index contributed by atoms with van der Waals surface area (Å²) in [5, 5.41) is 6.77. The second kappa shape index (κ2) is 8.10. The first-order valence-corrected chi connectivity index (χ1v) is 8.16. The molecule has 6 heteroatoms. The van der Waals surface area contributed by atoms with Crippen LogP contribution in [0.5, 0.6) is 5.75 Å². The number of amides is 1. The minimum atomic E-state index is -0.235. The SMILES string of the molecule is CCCc1nc(-c2ccccc2OCC(=O)Nc2ccccc2)no1. The lowest BCUT2D eigenvalue weighted by Gasteiger charge is -2.09. The van der Waals surface area contributed by atoms with Crippen LogP contribution < -0.4 is 10.1 Å². The maximum absolute atomic E-state index is 12.0. The lowest BCUT2D eigenvalue weighted by Crippen LogP contribution is -2.20. The minimum absolute atomic E-state index is 0.106. The number of para-hydroxylation sites is 2. The maximum Gasteiger partial charge on any atom is 0.262 e. The van der Waals surface area contributed by atoms with Crippen molar-refractivity contribution in [3.05, 3.63) is 60.5 Å². The molecule has 128 valence electrons. The van der Waals surface area contributed by atoms with Gasteiger partial charge in [0, 0.05) is 12.1 Å². The van der Waals surface area contributed by atoms with Crippen molar-refractivity contribution < 1.29 is 14.1 Å². The number of nitrogens with one attached hydrogen (secondary N) is 1. The van der Waals surface area contributed by atoms with Crippen LogP contribution in [0, 0.1) is 0 Å². The van der Waals surface area contributed by atoms with Crippen molar-refractivity contribution >= 4 is 11.6 Å². The summed E-state index contributed by atoms with van der Waals surface area (Å²) >= 11 is 0. The highest BCUT2D eigenvalue weighted by atomic mass is 16.5. The second-order valence-electron chi connectivity index (χ2n) is 5.46. The van der Waals surface area contributed by atoms with E-state index in [2.05, 4.69) is 15.5 Å². The van der Waals surface area contributed by atoms with Crippen LogP contribution in [0.15, 0.2) is 59.1 Å². The molecule has 2 aromatic carbocycles. The van der Waals surface area contributed by atoms with E-state index in [0.29, 0.717) is 23.0 Å². The molecule has 3 aromatic rings. The van der Waals surface area contributed by atoms with Gasteiger partial charge in [0.05, 0.1) is 5.56 Å². The summed E-state index contributed by atoms with van der Waals surface area (Å²) in [7, 11) is 0. The Kier molecular flexibility index (Phi) is 5.41. The average Bonchev–Trinajstić information content (AvgIpc) is 3.10. The third-order valence-electron chi connectivity index (χ3n) is 3.48. The van der Waals surface area contributed by atoms with Gasteiger partial charge in [0.1, 0.15) is 5.75 Å². The summed E-state index contributed by atoms with van der Waals surface area (Å²) < 4.78 is 10.9. The van der Waals surface area contributed by atoms with E-state index in [1.165, 1.54) is 0 Å². The lowest BCUT2D eigenvalue weighted by atomic mass is 10.2. The molecule has 0 atom stereocenters. The molecule has 1 amide bonds. The topological polar surface area (TPSA) is 77.2 Å². The van der Waals surface area contributed by atoms with E-state index < -0.39 is 0 Å². The number of carbonyl (C=O) groups is 1. The minimum Gasteiger partial charge on any atom is -0.483 e. The Morgan fingerprint density at radius 3 is 2.68 bits per heavy atom. The van der Waals surface area contributed by atoms with E-state index in [1.54, 1.807) is 6.07 Å². The van der Waals surface area contributed by atoms with Crippen molar-refractivity contribution in [2.75, 3.05) is 11.9 Å². The molecule has 0 unspecified atom stereocenters. The molecular formula is C19H19N3O3. The molecule has 1 heterocycles. The molecule has 0 aliphatic rings. The zero-order valence-electron chi connectivity index (χ0n) is 13.9. The molecule has 0 spiro atoms. The Hall–Kier alpha value is -3.15. The van der Waals surface area contributed by atoms with Gasteiger partial charge in [0.15, 0.2) is 6.61 Å². The number of hydrogen-bond donors (Lipinski definition) is 1. The van der Waals surface area contributed by atoms with Gasteiger partial charge in [-0.1, -0.05) is 42.4 Å². The summed E-state index contributed by atoms with van der Waals surface area (Å²) in [4.78, 5) is 16.4. The predicted octanol–water partition coefficient (Wildman–Crippen LogP) is 3.71. The normalized spacial score (nSPS) is 10.4. The molecule has 0 aliphatic heterocycles. The lowest BCUT2D eigenvalue weighted by molar-refractivity contribution is -0.118. The fourth-order valence-corrected chi connectivity index (χ4v) is 2.32. The van der Waals surface area contributed by atoms with Crippen LogP contribution >= 0.6 is 0 Å². The summed E-state index contributed by atoms with van der Waals surface area (Å²) in [6.45, 7) is 1.94. The molecular weight excluding hydrogens is 318 g/mol. The summed E-state index contributed by atoms with van der Waals surface area (Å²) in [5.41, 5.74) is 1.42. The molecule has 3 rings (SSSR count). The predicted molar refractivity (Wildman–Crippen MR) is 94.3 cm³/mol. The number of carbonyl (C=O) groups excluding carboxylic acids is 1. The molecule has 1 N–H and O–H groups in total. The van der Waals surface area contributed by atoms with Gasteiger partial charge < -0.3 is 14.6 Å². The van der Waals surface area contributed by atoms with Gasteiger partial charge >= 0.3 is 0 Å². The highest BCUT2D eigenvalue weighted by Crippen LogP contribution is 2.27. The van der Waals surface area contributed by atoms with Gasteiger partial charge in [-0.15, -0.1) is 0 Å². The first kappa shape index (κ1) is 16.7. The van der Waals surface area contributed by atoms with E-state index in [9.17, 15) is 4.79 Å². The zero-order valence-corrected chi connectivity index (χ0v) is 13.9. The van der Waals surface area contributed by atoms with Gasteiger partial charge in [-0.2, -0.15) is 4.98 Å². The number of aromatic nitrogens is 2. The zero-order chi connectivity index (χ0) is 17.5. The Morgan fingerprint density at radius 1 is 1.12 bits per heavy atom. The summed E-state index contributed by atoms with van der Waals surface area (Å²) in [6.07, 6.45) is 1.66. The molecule has 0 aliphatic carbocycles. The van der Waals surface area contributed by atoms with Crippen LogP contribution in [0.1, 0.15) is 19.2 Å². The van der Waals surface area contributed by atoms with Crippen molar-refractivity contribution in [1.82, 2.24) is 10.1 Å². The van der Waals surface area contributed by atoms with Gasteiger partial charge in [0.25, 0.3) is 5.91 Å². The molecule has 0 saturated heterocycles. The van der Waals surface area contributed by atoms with Gasteiger partial charge in [-0.3, -0.25) is 4.79 Å². The Morgan fingerprint density at radius 2 is 1.88 bits per heavy atom. The van der Waals surface area contributed by atoms with Crippen molar-refractivity contribution in [3.63, 3.8) is 0 Å². The van der Waals surface area contributed by atoms with Crippen molar-refractivity contribution in [1.29, 1.82) is 0 Å². The molecule has 0 bridgehead atoms. The standard InChI is InChI=1S/C19H19N3O3/c1-2-8-18-21-19(22-25-18)15-11-6-7-12-16(15)24-13-17(23)20-14-9-4-3-5-10-14/h3-7,9-12H,2,8,13H2,1H3,(H,20,23). The smallest absolute Gasteiger partial charge is 0.262 e. The Labute approximate surface area is 145 Å². The molecule has 0 fully saturated rings. The maximum atomic E-state index is 12.0. The van der Waals surface area contributed by atoms with E-state index in [4.69, 9.17) is 9.26 Å². The van der Waals surface area contributed by atoms with E-state index in [-0.39, 0.29) is 12.5 Å². The molecule has 25 heavy (non-hydrogen) atoms. The number of rotatable bonds is 7. The first-order valence-electron chi connectivity index (χ1n) is 8.16. The average molecular weight is 337 g/mol. The Balaban J connectivity index is 1.67. The van der Waals surface area contributed by atoms with E-state index in [0.717, 1.165) is 18.5 Å². The summed E-state index contributed by atoms with van der Waals surface area (Å²) in [6, 6.07) is 16.6. The highest BCUT2D eigenvalue weighted by Gasteiger charge is 2.14. The quantitative estimate of drug-likeness (QED) is 0.711. The third kappa shape index (κ3) is 4.44. The van der Waals surface area contributed by atoms with Crippen molar-refractivity contribution in [2.24, 2.45) is 0 Å². The van der Waals surface area contributed by atoms with Crippen molar-refractivity contribution in [3.8, 4) is 17.1 Å². The molecule has 1 aromatic heterocycles. The number of nitrogens with zero attached hydrogens (tertiary/aromatic N) is 2. The number of ether oxygens (including phenoxy) is 1. The fourth-order valence-electron chi connectivity index (χ4n) is 2.32. The largest absolute Gasteiger partial charge is 0.483 e. The van der Waals surface area contributed by atoms with Crippen LogP contribution in [0.4, 0.5) is 5.69 Å². The number of anilines is 1. The van der Waals surface area contributed by atoms with Crippen molar-refractivity contribution in [2.45, 2.75) is 19.8 Å². The number of aryl methyl sites for hydroxylation is 1. The van der Waals surface area contributed by atoms with Crippen LogP contribution in [0.2, 0.25) is 0 Å². The van der Waals surface area contributed by atoms with E-state index >= 15 is 0 Å². The monoisotopic (exact) mass is 337 g/mol. The fraction of sp³-hybridized carbons (Fsp3) is 0.211. The second-order valence-corrected chi connectivity index (χ2v) is 5.46. The molecule has 0 radical (unpaired) electrons. The third-order valence-corrected chi connectivity index (χ3v) is 3.48. The van der Waals surface area contributed by atoms with Crippen LogP contribution in [-0.4, -0.2) is 22.7 Å². The van der Waals surface area contributed by atoms with Crippen LogP contribution in [-0.2, 0) is 11.2 Å². The molecule has 0 saturated carbocycles. The molecule has 6 nitrogen and oxygen atoms in total. The van der Waals surface area contributed by atoms with Crippen LogP contribution in [0.25, 0.3) is 11.4 Å². The van der Waals surface area contributed by atoms with Gasteiger partial charge in [-0.05, 0) is 30.7 Å². The highest BCUT2D eigenvalue weighted by molar-refractivity contribution is 5.91. The summed E-state index contributed by atoms with van der Waals surface area (Å²) in [5.74, 6) is 1.35. The van der Waals surface area contributed by atoms with E-state index in [1.807, 2.05) is 55.5 Å². The van der Waals surface area contributed by atoms with Gasteiger partial charge in [-0.25, -0.2) is 0 Å². The number of benzene rings is 2. The van der Waals surface area contributed by atoms with Crippen LogP contribution in [0.3, 0.4) is 0 Å². The Bertz CT molecular complexity index is 831. The van der Waals surface area contributed by atoms with Gasteiger partial charge in [0.2, 0.25) is 11.7 Å². The number of hydrogen-bond acceptors (Lipinski definition) is 5.